The van der Waals surface area contributed by atoms with Crippen molar-refractivity contribution in [1.82, 2.24) is 0 Å². The van der Waals surface area contributed by atoms with Crippen LogP contribution < -0.4 is 0 Å². The molecule has 2 aromatic carbocycles. The molecule has 0 unspecified atom stereocenters. The van der Waals surface area contributed by atoms with Gasteiger partial charge >= 0.3 is 0 Å². The van der Waals surface area contributed by atoms with Gasteiger partial charge in [-0.3, -0.25) is 0 Å². The largest absolute Gasteiger partial charge is 0.508 e. The summed E-state index contributed by atoms with van der Waals surface area (Å²) in [7, 11) is 0. The smallest absolute Gasteiger partial charge is 0.207 e. The van der Waals surface area contributed by atoms with Crippen LogP contribution in [0.4, 0.5) is 13.2 Å². The average molecular weight is 256 g/mol. The molecule has 0 heterocycles. The van der Waals surface area contributed by atoms with Crippen LogP contribution in [0.25, 0.3) is 11.1 Å². The number of phenols is 3. The summed E-state index contributed by atoms with van der Waals surface area (Å²) in [4.78, 5) is 0. The highest BCUT2D eigenvalue weighted by molar-refractivity contribution is 5.73. The highest BCUT2D eigenvalue weighted by Gasteiger charge is 2.25. The second kappa shape index (κ2) is 4.14. The Morgan fingerprint density at radius 1 is 0.778 bits per heavy atom. The lowest BCUT2D eigenvalue weighted by atomic mass is 10.0. The van der Waals surface area contributed by atoms with Gasteiger partial charge in [-0.25, -0.2) is 4.39 Å². The van der Waals surface area contributed by atoms with Crippen molar-refractivity contribution < 1.29 is 28.5 Å². The van der Waals surface area contributed by atoms with E-state index in [2.05, 4.69) is 0 Å². The predicted octanol–water partition coefficient (Wildman–Crippen LogP) is 2.89. The topological polar surface area (TPSA) is 60.7 Å². The fourth-order valence-electron chi connectivity index (χ4n) is 1.56. The molecule has 0 aliphatic heterocycles. The van der Waals surface area contributed by atoms with Crippen LogP contribution >= 0.6 is 0 Å². The molecule has 0 bridgehead atoms. The Morgan fingerprint density at radius 2 is 1.39 bits per heavy atom. The summed E-state index contributed by atoms with van der Waals surface area (Å²) < 4.78 is 39.8. The molecule has 0 atom stereocenters. The fourth-order valence-corrected chi connectivity index (χ4v) is 1.56. The van der Waals surface area contributed by atoms with E-state index >= 15 is 0 Å². The molecule has 94 valence electrons. The van der Waals surface area contributed by atoms with Gasteiger partial charge in [-0.15, -0.1) is 0 Å². The number of aromatic hydroxyl groups is 3. The number of halogens is 3. The quantitative estimate of drug-likeness (QED) is 0.543. The Hall–Kier alpha value is -2.37. The maximum absolute atomic E-state index is 13.6. The van der Waals surface area contributed by atoms with E-state index in [9.17, 15) is 23.4 Å². The molecule has 2 rings (SSSR count). The van der Waals surface area contributed by atoms with Crippen LogP contribution in [-0.2, 0) is 0 Å². The first-order valence-corrected chi connectivity index (χ1v) is 4.81. The zero-order valence-corrected chi connectivity index (χ0v) is 8.78. The molecule has 0 radical (unpaired) electrons. The summed E-state index contributed by atoms with van der Waals surface area (Å²) >= 11 is 0. The summed E-state index contributed by atoms with van der Waals surface area (Å²) in [5.74, 6) is -8.18. The first-order valence-electron chi connectivity index (χ1n) is 4.81. The first kappa shape index (κ1) is 12.1. The monoisotopic (exact) mass is 256 g/mol. The molecular formula is C12H7F3O3. The SMILES string of the molecule is Oc1cccc(-c2c(O)c(F)c(F)c(O)c2F)c1. The van der Waals surface area contributed by atoms with Crippen molar-refractivity contribution in [2.75, 3.05) is 0 Å². The Kier molecular flexibility index (Phi) is 2.78. The first-order chi connectivity index (χ1) is 8.43. The van der Waals surface area contributed by atoms with Crippen LogP contribution in [0.3, 0.4) is 0 Å². The minimum absolute atomic E-state index is 0.0980. The molecule has 0 saturated carbocycles. The molecule has 2 aromatic rings. The lowest BCUT2D eigenvalue weighted by molar-refractivity contribution is 0.353. The highest BCUT2D eigenvalue weighted by atomic mass is 19.2. The lowest BCUT2D eigenvalue weighted by Gasteiger charge is -2.10. The van der Waals surface area contributed by atoms with E-state index in [0.29, 0.717) is 0 Å². The van der Waals surface area contributed by atoms with Crippen molar-refractivity contribution in [2.24, 2.45) is 0 Å². The molecule has 6 heteroatoms. The van der Waals surface area contributed by atoms with Gasteiger partial charge in [0.05, 0.1) is 5.56 Å². The summed E-state index contributed by atoms with van der Waals surface area (Å²) in [6.45, 7) is 0. The van der Waals surface area contributed by atoms with Gasteiger partial charge in [0.1, 0.15) is 5.75 Å². The van der Waals surface area contributed by atoms with Crippen molar-refractivity contribution in [3.05, 3.63) is 41.7 Å². The van der Waals surface area contributed by atoms with Crippen LogP contribution in [0.5, 0.6) is 17.2 Å². The summed E-state index contributed by atoms with van der Waals surface area (Å²) in [5, 5.41) is 27.7. The van der Waals surface area contributed by atoms with Crippen LogP contribution in [0.15, 0.2) is 24.3 Å². The molecule has 0 saturated heterocycles. The number of benzene rings is 2. The van der Waals surface area contributed by atoms with Gasteiger partial charge in [-0.1, -0.05) is 12.1 Å². The molecular weight excluding hydrogens is 249 g/mol. The highest BCUT2D eigenvalue weighted by Crippen LogP contribution is 2.41. The summed E-state index contributed by atoms with van der Waals surface area (Å²) in [6.07, 6.45) is 0. The minimum atomic E-state index is -1.87. The number of hydrogen-bond donors (Lipinski definition) is 3. The van der Waals surface area contributed by atoms with E-state index in [1.165, 1.54) is 18.2 Å². The molecule has 3 nitrogen and oxygen atoms in total. The second-order valence-electron chi connectivity index (χ2n) is 3.56. The third kappa shape index (κ3) is 1.71. The number of hydrogen-bond acceptors (Lipinski definition) is 3. The fraction of sp³-hybridized carbons (Fsp3) is 0. The van der Waals surface area contributed by atoms with Gasteiger partial charge in [0.15, 0.2) is 17.3 Å². The maximum atomic E-state index is 13.6. The van der Waals surface area contributed by atoms with Crippen molar-refractivity contribution in [3.8, 4) is 28.4 Å². The van der Waals surface area contributed by atoms with Gasteiger partial charge in [0.2, 0.25) is 11.6 Å². The maximum Gasteiger partial charge on any atom is 0.207 e. The Bertz CT molecular complexity index is 597. The molecule has 0 spiro atoms. The molecule has 18 heavy (non-hydrogen) atoms. The molecule has 3 N–H and O–H groups in total. The Labute approximate surface area is 99.4 Å². The van der Waals surface area contributed by atoms with Gasteiger partial charge < -0.3 is 15.3 Å². The number of phenolic OH excluding ortho intramolecular Hbond substituents is 3. The molecule has 0 fully saturated rings. The van der Waals surface area contributed by atoms with Gasteiger partial charge in [0, 0.05) is 0 Å². The van der Waals surface area contributed by atoms with Gasteiger partial charge in [0.25, 0.3) is 0 Å². The lowest BCUT2D eigenvalue weighted by Crippen LogP contribution is -1.95. The number of rotatable bonds is 1. The summed E-state index contributed by atoms with van der Waals surface area (Å²) in [6, 6.07) is 4.89. The Balaban J connectivity index is 2.80. The molecule has 0 aromatic heterocycles. The standard InChI is InChI=1S/C12H7F3O3/c13-8-7(5-2-1-3-6(16)4-5)11(17)9(14)10(15)12(8)18/h1-4,16-18H. The zero-order chi connectivity index (χ0) is 13.4. The van der Waals surface area contributed by atoms with E-state index in [1.807, 2.05) is 0 Å². The van der Waals surface area contributed by atoms with E-state index < -0.39 is 34.5 Å². The average Bonchev–Trinajstić information content (AvgIpc) is 2.34. The van der Waals surface area contributed by atoms with Crippen LogP contribution in [-0.4, -0.2) is 15.3 Å². The van der Waals surface area contributed by atoms with Crippen LogP contribution in [0.1, 0.15) is 0 Å². The van der Waals surface area contributed by atoms with E-state index in [4.69, 9.17) is 5.11 Å². The Morgan fingerprint density at radius 3 is 2.00 bits per heavy atom. The molecule has 0 aliphatic carbocycles. The molecule has 0 aliphatic rings. The van der Waals surface area contributed by atoms with Crippen molar-refractivity contribution in [1.29, 1.82) is 0 Å². The van der Waals surface area contributed by atoms with Crippen molar-refractivity contribution in [3.63, 3.8) is 0 Å². The van der Waals surface area contributed by atoms with Gasteiger partial charge in [-0.2, -0.15) is 8.78 Å². The van der Waals surface area contributed by atoms with E-state index in [0.717, 1.165) is 6.07 Å². The van der Waals surface area contributed by atoms with Crippen molar-refractivity contribution >= 4 is 0 Å². The predicted molar refractivity (Wildman–Crippen MR) is 56.7 cm³/mol. The van der Waals surface area contributed by atoms with Gasteiger partial charge in [-0.05, 0) is 17.7 Å². The van der Waals surface area contributed by atoms with E-state index in [-0.39, 0.29) is 11.3 Å². The minimum Gasteiger partial charge on any atom is -0.508 e. The summed E-state index contributed by atoms with van der Waals surface area (Å²) in [5.41, 5.74) is -0.818. The molecule has 0 amide bonds. The normalized spacial score (nSPS) is 10.6. The van der Waals surface area contributed by atoms with Crippen molar-refractivity contribution in [2.45, 2.75) is 0 Å². The third-order valence-electron chi connectivity index (χ3n) is 2.41. The second-order valence-corrected chi connectivity index (χ2v) is 3.56. The third-order valence-corrected chi connectivity index (χ3v) is 2.41. The van der Waals surface area contributed by atoms with E-state index in [1.54, 1.807) is 0 Å². The van der Waals surface area contributed by atoms with Crippen LogP contribution in [0, 0.1) is 17.5 Å². The zero-order valence-electron chi connectivity index (χ0n) is 8.78. The van der Waals surface area contributed by atoms with Crippen LogP contribution in [0.2, 0.25) is 0 Å².